The van der Waals surface area contributed by atoms with Crippen molar-refractivity contribution in [1.82, 2.24) is 15.4 Å². The van der Waals surface area contributed by atoms with Crippen LogP contribution in [-0.4, -0.2) is 23.0 Å². The number of carbonyl (C=O) groups is 2. The molecular formula is C20H21N3O3. The number of nitrogens with one attached hydrogen (secondary N) is 2. The van der Waals surface area contributed by atoms with Gasteiger partial charge in [0.1, 0.15) is 12.3 Å². The third-order valence-electron chi connectivity index (χ3n) is 4.04. The maximum atomic E-state index is 12.0. The van der Waals surface area contributed by atoms with Gasteiger partial charge in [-0.2, -0.15) is 0 Å². The lowest BCUT2D eigenvalue weighted by Gasteiger charge is -2.11. The van der Waals surface area contributed by atoms with E-state index < -0.39 is 5.91 Å². The van der Waals surface area contributed by atoms with Crippen LogP contribution in [0.5, 0.6) is 5.75 Å². The van der Waals surface area contributed by atoms with Crippen molar-refractivity contribution >= 4 is 22.7 Å². The maximum Gasteiger partial charge on any atom is 0.276 e. The minimum atomic E-state index is -0.420. The molecule has 1 aromatic heterocycles. The van der Waals surface area contributed by atoms with Gasteiger partial charge in [0.25, 0.3) is 11.8 Å². The Hall–Kier alpha value is -3.28. The zero-order valence-electron chi connectivity index (χ0n) is 14.8. The molecule has 3 aromatic rings. The van der Waals surface area contributed by atoms with Crippen LogP contribution in [0.1, 0.15) is 11.1 Å². The van der Waals surface area contributed by atoms with Gasteiger partial charge in [0, 0.05) is 11.7 Å². The maximum absolute atomic E-state index is 12.0. The fraction of sp³-hybridized carbons (Fsp3) is 0.200. The largest absolute Gasteiger partial charge is 0.483 e. The number of para-hydroxylation sites is 1. The van der Waals surface area contributed by atoms with Crippen molar-refractivity contribution in [2.75, 3.05) is 6.61 Å². The summed E-state index contributed by atoms with van der Waals surface area (Å²) < 4.78 is 7.33. The molecule has 0 saturated carbocycles. The molecule has 6 heteroatoms. The van der Waals surface area contributed by atoms with Crippen LogP contribution >= 0.6 is 0 Å². The second-order valence-electron chi connectivity index (χ2n) is 6.16. The predicted octanol–water partition coefficient (Wildman–Crippen LogP) is 2.48. The summed E-state index contributed by atoms with van der Waals surface area (Å²) in [6.07, 6.45) is 1.84. The minimum Gasteiger partial charge on any atom is -0.483 e. The number of hydrogen-bond acceptors (Lipinski definition) is 3. The molecule has 3 rings (SSSR count). The third kappa shape index (κ3) is 4.22. The first-order valence-corrected chi connectivity index (χ1v) is 8.34. The molecule has 6 nitrogen and oxygen atoms in total. The van der Waals surface area contributed by atoms with Gasteiger partial charge in [0.15, 0.2) is 6.61 Å². The van der Waals surface area contributed by atoms with Gasteiger partial charge in [-0.25, -0.2) is 0 Å². The molecule has 26 heavy (non-hydrogen) atoms. The highest BCUT2D eigenvalue weighted by Gasteiger charge is 2.09. The van der Waals surface area contributed by atoms with Crippen LogP contribution in [-0.2, 0) is 16.1 Å². The molecule has 0 bridgehead atoms. The van der Waals surface area contributed by atoms with Gasteiger partial charge < -0.3 is 9.30 Å². The molecule has 0 radical (unpaired) electrons. The van der Waals surface area contributed by atoms with E-state index in [0.717, 1.165) is 22.0 Å². The normalized spacial score (nSPS) is 10.5. The molecule has 2 N–H and O–H groups in total. The first kappa shape index (κ1) is 17.5. The number of nitrogens with zero attached hydrogens (tertiary/aromatic N) is 1. The van der Waals surface area contributed by atoms with Crippen molar-refractivity contribution in [2.45, 2.75) is 20.4 Å². The fourth-order valence-electron chi connectivity index (χ4n) is 2.65. The van der Waals surface area contributed by atoms with Crippen LogP contribution < -0.4 is 15.6 Å². The van der Waals surface area contributed by atoms with Crippen molar-refractivity contribution < 1.29 is 14.3 Å². The monoisotopic (exact) mass is 351 g/mol. The predicted molar refractivity (Wildman–Crippen MR) is 99.6 cm³/mol. The van der Waals surface area contributed by atoms with Gasteiger partial charge in [0.2, 0.25) is 0 Å². The Morgan fingerprint density at radius 3 is 2.62 bits per heavy atom. The summed E-state index contributed by atoms with van der Waals surface area (Å²) >= 11 is 0. The molecule has 0 atom stereocenters. The van der Waals surface area contributed by atoms with Crippen LogP contribution in [0.25, 0.3) is 10.9 Å². The molecule has 0 fully saturated rings. The number of hydrogen-bond donors (Lipinski definition) is 2. The SMILES string of the molecule is Cc1ccc(C)c(OCC(=O)NNC(=O)Cn2ccc3ccccc32)c1. The van der Waals surface area contributed by atoms with Crippen molar-refractivity contribution in [3.8, 4) is 5.75 Å². The van der Waals surface area contributed by atoms with E-state index in [4.69, 9.17) is 4.74 Å². The highest BCUT2D eigenvalue weighted by molar-refractivity contribution is 5.85. The van der Waals surface area contributed by atoms with Crippen molar-refractivity contribution in [1.29, 1.82) is 0 Å². The zero-order valence-corrected chi connectivity index (χ0v) is 14.8. The third-order valence-corrected chi connectivity index (χ3v) is 4.04. The quantitative estimate of drug-likeness (QED) is 0.694. The molecule has 0 saturated heterocycles. The average Bonchev–Trinajstić information content (AvgIpc) is 3.04. The van der Waals surface area contributed by atoms with E-state index in [9.17, 15) is 9.59 Å². The van der Waals surface area contributed by atoms with Crippen molar-refractivity contribution in [3.63, 3.8) is 0 Å². The lowest BCUT2D eigenvalue weighted by atomic mass is 10.1. The van der Waals surface area contributed by atoms with E-state index in [2.05, 4.69) is 10.9 Å². The van der Waals surface area contributed by atoms with Gasteiger partial charge in [-0.15, -0.1) is 0 Å². The fourth-order valence-corrected chi connectivity index (χ4v) is 2.65. The average molecular weight is 351 g/mol. The van der Waals surface area contributed by atoms with Gasteiger partial charge in [-0.1, -0.05) is 30.3 Å². The number of ether oxygens (including phenoxy) is 1. The lowest BCUT2D eigenvalue weighted by molar-refractivity contribution is -0.130. The second-order valence-corrected chi connectivity index (χ2v) is 6.16. The topological polar surface area (TPSA) is 72.4 Å². The molecule has 0 aliphatic rings. The van der Waals surface area contributed by atoms with E-state index >= 15 is 0 Å². The van der Waals surface area contributed by atoms with Crippen LogP contribution in [0, 0.1) is 13.8 Å². The number of rotatable bonds is 5. The number of fused-ring (bicyclic) bond motifs is 1. The molecule has 134 valence electrons. The van der Waals surface area contributed by atoms with Crippen LogP contribution in [0.4, 0.5) is 0 Å². The van der Waals surface area contributed by atoms with E-state index in [-0.39, 0.29) is 19.1 Å². The number of amides is 2. The summed E-state index contributed by atoms with van der Waals surface area (Å²) in [7, 11) is 0. The Labute approximate surface area is 151 Å². The van der Waals surface area contributed by atoms with Crippen LogP contribution in [0.15, 0.2) is 54.7 Å². The minimum absolute atomic E-state index is 0.117. The van der Waals surface area contributed by atoms with Gasteiger partial charge in [-0.3, -0.25) is 20.4 Å². The number of aromatic nitrogens is 1. The Morgan fingerprint density at radius 1 is 1.00 bits per heavy atom. The second kappa shape index (κ2) is 7.74. The Balaban J connectivity index is 1.48. The smallest absolute Gasteiger partial charge is 0.276 e. The highest BCUT2D eigenvalue weighted by Crippen LogP contribution is 2.18. The van der Waals surface area contributed by atoms with Gasteiger partial charge in [-0.05, 0) is 48.6 Å². The summed E-state index contributed by atoms with van der Waals surface area (Å²) in [5.74, 6) is -0.0756. The molecule has 0 aliphatic heterocycles. The summed E-state index contributed by atoms with van der Waals surface area (Å²) in [5.41, 5.74) is 7.75. The van der Waals surface area contributed by atoms with Gasteiger partial charge >= 0.3 is 0 Å². The molecule has 1 heterocycles. The van der Waals surface area contributed by atoms with E-state index in [1.54, 1.807) is 0 Å². The van der Waals surface area contributed by atoms with E-state index in [0.29, 0.717) is 5.75 Å². The summed E-state index contributed by atoms with van der Waals surface area (Å²) in [6, 6.07) is 15.5. The van der Waals surface area contributed by atoms with E-state index in [1.165, 1.54) is 0 Å². The summed E-state index contributed by atoms with van der Waals surface area (Å²) in [5, 5.41) is 1.06. The Kier molecular flexibility index (Phi) is 5.22. The molecular weight excluding hydrogens is 330 g/mol. The van der Waals surface area contributed by atoms with E-state index in [1.807, 2.05) is 73.1 Å². The Bertz CT molecular complexity index is 946. The Morgan fingerprint density at radius 2 is 1.77 bits per heavy atom. The van der Waals surface area contributed by atoms with Crippen molar-refractivity contribution in [2.24, 2.45) is 0 Å². The number of carbonyl (C=O) groups excluding carboxylic acids is 2. The lowest BCUT2D eigenvalue weighted by Crippen LogP contribution is -2.45. The first-order chi connectivity index (χ1) is 12.5. The van der Waals surface area contributed by atoms with Crippen molar-refractivity contribution in [3.05, 3.63) is 65.9 Å². The number of aryl methyl sites for hydroxylation is 2. The first-order valence-electron chi connectivity index (χ1n) is 8.34. The molecule has 0 spiro atoms. The number of benzene rings is 2. The van der Waals surface area contributed by atoms with Crippen LogP contribution in [0.3, 0.4) is 0 Å². The standard InChI is InChI=1S/C20H21N3O3/c1-14-7-8-15(2)18(11-14)26-13-20(25)22-21-19(24)12-23-10-9-16-5-3-4-6-17(16)23/h3-11H,12-13H2,1-2H3,(H,21,24)(H,22,25). The number of hydrazine groups is 1. The molecule has 0 unspecified atom stereocenters. The molecule has 2 amide bonds. The summed E-state index contributed by atoms with van der Waals surface area (Å²) in [6.45, 7) is 3.82. The van der Waals surface area contributed by atoms with Crippen LogP contribution in [0.2, 0.25) is 0 Å². The van der Waals surface area contributed by atoms with Gasteiger partial charge in [0.05, 0.1) is 0 Å². The summed E-state index contributed by atoms with van der Waals surface area (Å²) in [4.78, 5) is 23.9. The molecule has 2 aromatic carbocycles. The molecule has 0 aliphatic carbocycles. The highest BCUT2D eigenvalue weighted by atomic mass is 16.5. The zero-order chi connectivity index (χ0) is 18.5.